The van der Waals surface area contributed by atoms with E-state index in [2.05, 4.69) is 0 Å². The van der Waals surface area contributed by atoms with Gasteiger partial charge in [-0.15, -0.1) is 0 Å². The molecule has 94 valence electrons. The predicted octanol–water partition coefficient (Wildman–Crippen LogP) is 1.03. The normalized spacial score (nSPS) is 11.2. The fraction of sp³-hybridized carbons (Fsp3) is 0.333. The minimum absolute atomic E-state index is 0.0941. The van der Waals surface area contributed by atoms with E-state index in [-0.39, 0.29) is 12.4 Å². The van der Waals surface area contributed by atoms with E-state index in [4.69, 9.17) is 9.88 Å². The van der Waals surface area contributed by atoms with Crippen LogP contribution < -0.4 is 9.88 Å². The third-order valence-corrected chi connectivity index (χ3v) is 2.86. The molecule has 0 saturated heterocycles. The first kappa shape index (κ1) is 13.4. The Morgan fingerprint density at radius 2 is 2.12 bits per heavy atom. The number of rotatable bonds is 5. The highest BCUT2D eigenvalue weighted by Crippen LogP contribution is 2.33. The molecule has 0 spiro atoms. The molecule has 1 aromatic rings. The van der Waals surface area contributed by atoms with E-state index in [0.717, 1.165) is 6.07 Å². The third-order valence-electron chi connectivity index (χ3n) is 1.91. The molecule has 0 fully saturated rings. The number of nitrogens with two attached hydrogens (primary N) is 1. The van der Waals surface area contributed by atoms with Gasteiger partial charge in [0.15, 0.2) is 10.6 Å². The van der Waals surface area contributed by atoms with Gasteiger partial charge in [-0.05, 0) is 18.6 Å². The van der Waals surface area contributed by atoms with Crippen LogP contribution in [0.1, 0.15) is 13.3 Å². The highest BCUT2D eigenvalue weighted by atomic mass is 32.2. The lowest BCUT2D eigenvalue weighted by atomic mass is 10.3. The van der Waals surface area contributed by atoms with Gasteiger partial charge in [-0.1, -0.05) is 13.0 Å². The SMILES string of the molecule is CCCOc1cccc(S(N)(=O)=O)c1[N+](=O)[O-]. The topological polar surface area (TPSA) is 113 Å². The minimum Gasteiger partial charge on any atom is -0.487 e. The molecular weight excluding hydrogens is 248 g/mol. The van der Waals surface area contributed by atoms with Gasteiger partial charge in [0, 0.05) is 0 Å². The van der Waals surface area contributed by atoms with Crippen LogP contribution in [-0.2, 0) is 10.0 Å². The second-order valence-electron chi connectivity index (χ2n) is 3.25. The predicted molar refractivity (Wildman–Crippen MR) is 60.3 cm³/mol. The molecule has 7 nitrogen and oxygen atoms in total. The highest BCUT2D eigenvalue weighted by molar-refractivity contribution is 7.89. The average molecular weight is 260 g/mol. The van der Waals surface area contributed by atoms with Crippen molar-refractivity contribution in [3.63, 3.8) is 0 Å². The van der Waals surface area contributed by atoms with Crippen molar-refractivity contribution in [1.29, 1.82) is 0 Å². The van der Waals surface area contributed by atoms with Gasteiger partial charge in [-0.3, -0.25) is 10.1 Å². The molecule has 0 atom stereocenters. The molecule has 17 heavy (non-hydrogen) atoms. The van der Waals surface area contributed by atoms with E-state index < -0.39 is 25.5 Å². The summed E-state index contributed by atoms with van der Waals surface area (Å²) >= 11 is 0. The number of nitro groups is 1. The molecule has 1 rings (SSSR count). The van der Waals surface area contributed by atoms with E-state index in [9.17, 15) is 18.5 Å². The van der Waals surface area contributed by atoms with Crippen molar-refractivity contribution < 1.29 is 18.1 Å². The minimum atomic E-state index is -4.15. The van der Waals surface area contributed by atoms with Crippen molar-refractivity contribution in [3.8, 4) is 5.75 Å². The summed E-state index contributed by atoms with van der Waals surface area (Å²) in [6.45, 7) is 2.09. The Balaban J connectivity index is 3.38. The van der Waals surface area contributed by atoms with Gasteiger partial charge in [0.05, 0.1) is 11.5 Å². The second-order valence-corrected chi connectivity index (χ2v) is 4.78. The fourth-order valence-corrected chi connectivity index (χ4v) is 1.95. The summed E-state index contributed by atoms with van der Waals surface area (Å²) in [7, 11) is -4.15. The molecule has 0 aliphatic rings. The van der Waals surface area contributed by atoms with Crippen molar-refractivity contribution in [3.05, 3.63) is 28.3 Å². The monoisotopic (exact) mass is 260 g/mol. The quantitative estimate of drug-likeness (QED) is 0.627. The summed E-state index contributed by atoms with van der Waals surface area (Å²) in [4.78, 5) is 9.50. The van der Waals surface area contributed by atoms with Crippen LogP contribution in [0, 0.1) is 10.1 Å². The Labute approximate surface area is 98.4 Å². The number of para-hydroxylation sites is 1. The zero-order valence-corrected chi connectivity index (χ0v) is 9.94. The van der Waals surface area contributed by atoms with Crippen molar-refractivity contribution in [2.45, 2.75) is 18.2 Å². The summed E-state index contributed by atoms with van der Waals surface area (Å²) in [6.07, 6.45) is 0.650. The lowest BCUT2D eigenvalue weighted by molar-refractivity contribution is -0.388. The molecule has 0 bridgehead atoms. The maximum Gasteiger partial charge on any atom is 0.330 e. The van der Waals surface area contributed by atoms with E-state index in [1.54, 1.807) is 0 Å². The summed E-state index contributed by atoms with van der Waals surface area (Å²) < 4.78 is 27.5. The molecule has 0 unspecified atom stereocenters. The van der Waals surface area contributed by atoms with Crippen LogP contribution in [0.4, 0.5) is 5.69 Å². The number of benzene rings is 1. The van der Waals surface area contributed by atoms with E-state index in [0.29, 0.717) is 6.42 Å². The van der Waals surface area contributed by atoms with Gasteiger partial charge in [0.25, 0.3) is 0 Å². The molecule has 0 aliphatic heterocycles. The van der Waals surface area contributed by atoms with Crippen LogP contribution in [-0.4, -0.2) is 19.9 Å². The van der Waals surface area contributed by atoms with Crippen LogP contribution in [0.3, 0.4) is 0 Å². The number of hydrogen-bond acceptors (Lipinski definition) is 5. The molecule has 0 aromatic heterocycles. The molecule has 8 heteroatoms. The number of nitro benzene ring substituents is 1. The lowest BCUT2D eigenvalue weighted by Crippen LogP contribution is -2.15. The van der Waals surface area contributed by atoms with Crippen LogP contribution in [0.25, 0.3) is 0 Å². The maximum absolute atomic E-state index is 11.2. The Kier molecular flexibility index (Phi) is 4.02. The molecule has 0 saturated carbocycles. The number of ether oxygens (including phenoxy) is 1. The molecule has 0 heterocycles. The Bertz CT molecular complexity index is 526. The molecular formula is C9H12N2O5S. The standard InChI is InChI=1S/C9H12N2O5S/c1-2-6-16-7-4-3-5-8(17(10,14)15)9(7)11(12)13/h3-5H,2,6H2,1H3,(H2,10,14,15). The van der Waals surface area contributed by atoms with Gasteiger partial charge >= 0.3 is 5.69 Å². The summed E-state index contributed by atoms with van der Waals surface area (Å²) in [5, 5.41) is 15.8. The molecule has 2 N–H and O–H groups in total. The van der Waals surface area contributed by atoms with Crippen molar-refractivity contribution in [2.75, 3.05) is 6.61 Å². The van der Waals surface area contributed by atoms with E-state index in [1.165, 1.54) is 12.1 Å². The smallest absolute Gasteiger partial charge is 0.330 e. The van der Waals surface area contributed by atoms with Crippen LogP contribution >= 0.6 is 0 Å². The number of sulfonamides is 1. The van der Waals surface area contributed by atoms with Gasteiger partial charge in [-0.2, -0.15) is 0 Å². The lowest BCUT2D eigenvalue weighted by Gasteiger charge is -2.07. The number of hydrogen-bond donors (Lipinski definition) is 1. The fourth-order valence-electron chi connectivity index (χ4n) is 1.24. The van der Waals surface area contributed by atoms with Crippen LogP contribution in [0.15, 0.2) is 23.1 Å². The van der Waals surface area contributed by atoms with E-state index >= 15 is 0 Å². The molecule has 0 amide bonds. The van der Waals surface area contributed by atoms with E-state index in [1.807, 2.05) is 6.92 Å². The van der Waals surface area contributed by atoms with Gasteiger partial charge in [0.1, 0.15) is 0 Å². The zero-order valence-electron chi connectivity index (χ0n) is 9.12. The molecule has 0 aliphatic carbocycles. The average Bonchev–Trinajstić information content (AvgIpc) is 2.24. The van der Waals surface area contributed by atoms with Crippen molar-refractivity contribution >= 4 is 15.7 Å². The van der Waals surface area contributed by atoms with Gasteiger partial charge < -0.3 is 4.74 Å². The van der Waals surface area contributed by atoms with Crippen LogP contribution in [0.2, 0.25) is 0 Å². The Hall–Kier alpha value is -1.67. The Morgan fingerprint density at radius 1 is 1.47 bits per heavy atom. The van der Waals surface area contributed by atoms with Gasteiger partial charge in [0.2, 0.25) is 10.0 Å². The highest BCUT2D eigenvalue weighted by Gasteiger charge is 2.27. The summed E-state index contributed by atoms with van der Waals surface area (Å²) in [5.41, 5.74) is -0.622. The summed E-state index contributed by atoms with van der Waals surface area (Å²) in [6, 6.07) is 3.76. The largest absolute Gasteiger partial charge is 0.487 e. The van der Waals surface area contributed by atoms with Crippen LogP contribution in [0.5, 0.6) is 5.75 Å². The first-order valence-electron chi connectivity index (χ1n) is 4.81. The summed E-state index contributed by atoms with van der Waals surface area (Å²) in [5.74, 6) is -0.0941. The maximum atomic E-state index is 11.2. The Morgan fingerprint density at radius 3 is 2.59 bits per heavy atom. The first-order chi connectivity index (χ1) is 7.88. The molecule has 1 aromatic carbocycles. The third kappa shape index (κ3) is 3.14. The van der Waals surface area contributed by atoms with Crippen molar-refractivity contribution in [2.24, 2.45) is 5.14 Å². The second kappa shape index (κ2) is 5.11. The first-order valence-corrected chi connectivity index (χ1v) is 6.35. The zero-order chi connectivity index (χ0) is 13.1. The van der Waals surface area contributed by atoms with Crippen molar-refractivity contribution in [1.82, 2.24) is 0 Å². The van der Waals surface area contributed by atoms with Gasteiger partial charge in [-0.25, -0.2) is 13.6 Å². The molecule has 0 radical (unpaired) electrons. The number of primary sulfonamides is 1. The number of nitrogens with zero attached hydrogens (tertiary/aromatic N) is 1.